The van der Waals surface area contributed by atoms with E-state index in [1.54, 1.807) is 18.4 Å². The number of anilines is 1. The van der Waals surface area contributed by atoms with Crippen molar-refractivity contribution in [3.05, 3.63) is 44.8 Å². The van der Waals surface area contributed by atoms with Crippen molar-refractivity contribution in [2.45, 2.75) is 46.2 Å². The van der Waals surface area contributed by atoms with Gasteiger partial charge in [0, 0.05) is 4.88 Å². The second-order valence-corrected chi connectivity index (χ2v) is 9.97. The van der Waals surface area contributed by atoms with Gasteiger partial charge in [0.15, 0.2) is 0 Å². The maximum Gasteiger partial charge on any atom is 0.256 e. The van der Waals surface area contributed by atoms with Crippen LogP contribution in [0.3, 0.4) is 0 Å². The highest BCUT2D eigenvalue weighted by molar-refractivity contribution is 7.16. The number of thiophene rings is 1. The molecule has 2 N–H and O–H groups in total. The Bertz CT molecular complexity index is 900. The third-order valence-electron chi connectivity index (χ3n) is 5.78. The van der Waals surface area contributed by atoms with E-state index in [4.69, 9.17) is 16.3 Å². The first-order valence-corrected chi connectivity index (χ1v) is 10.5. The Morgan fingerprint density at radius 3 is 2.70 bits per heavy atom. The molecule has 2 heterocycles. The molecule has 1 aliphatic carbocycles. The number of halogens is 1. The molecular formula is C21H25ClN2O2S. The molecule has 0 radical (unpaired) electrons. The molecule has 0 fully saturated rings. The minimum Gasteiger partial charge on any atom is -0.495 e. The lowest BCUT2D eigenvalue weighted by atomic mass is 9.72. The molecule has 1 aromatic carbocycles. The zero-order valence-electron chi connectivity index (χ0n) is 16.1. The highest BCUT2D eigenvalue weighted by Crippen LogP contribution is 2.46. The van der Waals surface area contributed by atoms with Crippen molar-refractivity contribution in [2.24, 2.45) is 11.3 Å². The van der Waals surface area contributed by atoms with Gasteiger partial charge in [0.2, 0.25) is 0 Å². The summed E-state index contributed by atoms with van der Waals surface area (Å²) in [6.07, 6.45) is 2.90. The average molecular weight is 405 g/mol. The Labute approximate surface area is 169 Å². The predicted molar refractivity (Wildman–Crippen MR) is 111 cm³/mol. The molecule has 0 unspecified atom stereocenters. The van der Waals surface area contributed by atoms with E-state index in [2.05, 4.69) is 31.4 Å². The molecule has 4 rings (SSSR count). The molecule has 0 saturated heterocycles. The Morgan fingerprint density at radius 1 is 1.26 bits per heavy atom. The van der Waals surface area contributed by atoms with Crippen LogP contribution in [-0.2, 0) is 12.8 Å². The van der Waals surface area contributed by atoms with Gasteiger partial charge in [-0.3, -0.25) is 4.79 Å². The van der Waals surface area contributed by atoms with E-state index in [0.29, 0.717) is 22.1 Å². The molecule has 1 aliphatic heterocycles. The highest BCUT2D eigenvalue weighted by Gasteiger charge is 2.36. The standard InChI is InChI=1S/C21H25ClN2O2S/c1-21(2,3)12-6-7-13-16(10-12)27-20-17(13)19(25)23-18(24-20)11-5-8-15(26-4)14(22)9-11/h5,8-9,12,18,24H,6-7,10H2,1-4H3,(H,23,25)/t12-,18-/m0/s1. The topological polar surface area (TPSA) is 50.4 Å². The van der Waals surface area contributed by atoms with Crippen molar-refractivity contribution in [3.63, 3.8) is 0 Å². The summed E-state index contributed by atoms with van der Waals surface area (Å²) >= 11 is 8.01. The third kappa shape index (κ3) is 3.32. The quantitative estimate of drug-likeness (QED) is 0.703. The molecule has 27 heavy (non-hydrogen) atoms. The second-order valence-electron chi connectivity index (χ2n) is 8.46. The van der Waals surface area contributed by atoms with Gasteiger partial charge in [-0.25, -0.2) is 0 Å². The number of carbonyl (C=O) groups is 1. The van der Waals surface area contributed by atoms with Gasteiger partial charge >= 0.3 is 0 Å². The van der Waals surface area contributed by atoms with E-state index in [0.717, 1.165) is 35.4 Å². The van der Waals surface area contributed by atoms with E-state index in [1.807, 2.05) is 18.2 Å². The molecule has 2 aromatic rings. The molecule has 2 aliphatic rings. The molecule has 2 atom stereocenters. The van der Waals surface area contributed by atoms with E-state index < -0.39 is 0 Å². The monoisotopic (exact) mass is 404 g/mol. The highest BCUT2D eigenvalue weighted by atomic mass is 35.5. The number of carbonyl (C=O) groups excluding carboxylic acids is 1. The lowest BCUT2D eigenvalue weighted by molar-refractivity contribution is 0.0935. The van der Waals surface area contributed by atoms with Crippen molar-refractivity contribution < 1.29 is 9.53 Å². The summed E-state index contributed by atoms with van der Waals surface area (Å²) < 4.78 is 5.22. The molecule has 4 nitrogen and oxygen atoms in total. The van der Waals surface area contributed by atoms with Crippen LogP contribution in [0.2, 0.25) is 5.02 Å². The van der Waals surface area contributed by atoms with Gasteiger partial charge < -0.3 is 15.4 Å². The van der Waals surface area contributed by atoms with Crippen LogP contribution in [0.4, 0.5) is 5.00 Å². The van der Waals surface area contributed by atoms with Crippen LogP contribution in [0.1, 0.15) is 59.7 Å². The number of ether oxygens (including phenoxy) is 1. The fourth-order valence-corrected chi connectivity index (χ4v) is 5.69. The van der Waals surface area contributed by atoms with Crippen LogP contribution in [0.15, 0.2) is 18.2 Å². The number of benzene rings is 1. The molecule has 1 amide bonds. The largest absolute Gasteiger partial charge is 0.495 e. The Morgan fingerprint density at radius 2 is 2.04 bits per heavy atom. The Kier molecular flexibility index (Phi) is 4.63. The lowest BCUT2D eigenvalue weighted by Crippen LogP contribution is -2.38. The first-order chi connectivity index (χ1) is 12.8. The number of methoxy groups -OCH3 is 1. The van der Waals surface area contributed by atoms with Crippen LogP contribution < -0.4 is 15.4 Å². The maximum atomic E-state index is 12.9. The minimum atomic E-state index is -0.285. The van der Waals surface area contributed by atoms with Crippen molar-refractivity contribution in [2.75, 3.05) is 12.4 Å². The zero-order chi connectivity index (χ0) is 19.3. The summed E-state index contributed by atoms with van der Waals surface area (Å²) in [5, 5.41) is 8.11. The third-order valence-corrected chi connectivity index (χ3v) is 7.26. The molecular weight excluding hydrogens is 380 g/mol. The van der Waals surface area contributed by atoms with Gasteiger partial charge in [0.1, 0.15) is 16.9 Å². The van der Waals surface area contributed by atoms with Gasteiger partial charge in [0.05, 0.1) is 17.7 Å². The van der Waals surface area contributed by atoms with Crippen molar-refractivity contribution >= 4 is 33.8 Å². The summed E-state index contributed by atoms with van der Waals surface area (Å²) in [5.74, 6) is 1.29. The molecule has 1 aromatic heterocycles. The van der Waals surface area contributed by atoms with Crippen LogP contribution >= 0.6 is 22.9 Å². The van der Waals surface area contributed by atoms with Crippen LogP contribution in [0.5, 0.6) is 5.75 Å². The fraction of sp³-hybridized carbons (Fsp3) is 0.476. The predicted octanol–water partition coefficient (Wildman–Crippen LogP) is 5.42. The molecule has 0 spiro atoms. The normalized spacial score (nSPS) is 21.7. The Balaban J connectivity index is 1.63. The second kappa shape index (κ2) is 6.71. The van der Waals surface area contributed by atoms with Gasteiger partial charge in [-0.2, -0.15) is 0 Å². The number of fused-ring (bicyclic) bond motifs is 3. The first-order valence-electron chi connectivity index (χ1n) is 9.33. The minimum absolute atomic E-state index is 0.00685. The summed E-state index contributed by atoms with van der Waals surface area (Å²) in [6, 6.07) is 5.59. The van der Waals surface area contributed by atoms with Crippen LogP contribution in [-0.4, -0.2) is 13.0 Å². The van der Waals surface area contributed by atoms with E-state index in [1.165, 1.54) is 10.4 Å². The van der Waals surface area contributed by atoms with Crippen molar-refractivity contribution in [1.29, 1.82) is 0 Å². The maximum absolute atomic E-state index is 12.9. The van der Waals surface area contributed by atoms with Gasteiger partial charge in [0.25, 0.3) is 5.91 Å². The van der Waals surface area contributed by atoms with E-state index in [-0.39, 0.29) is 12.1 Å². The lowest BCUT2D eigenvalue weighted by Gasteiger charge is -2.34. The summed E-state index contributed by atoms with van der Waals surface area (Å²) in [4.78, 5) is 14.2. The summed E-state index contributed by atoms with van der Waals surface area (Å²) in [5.41, 5.74) is 3.30. The van der Waals surface area contributed by atoms with Crippen LogP contribution in [0, 0.1) is 11.3 Å². The van der Waals surface area contributed by atoms with E-state index >= 15 is 0 Å². The summed E-state index contributed by atoms with van der Waals surface area (Å²) in [6.45, 7) is 6.93. The van der Waals surface area contributed by atoms with Gasteiger partial charge in [-0.15, -0.1) is 11.3 Å². The van der Waals surface area contributed by atoms with Crippen molar-refractivity contribution in [3.8, 4) is 5.75 Å². The van der Waals surface area contributed by atoms with E-state index in [9.17, 15) is 4.79 Å². The first kappa shape index (κ1) is 18.6. The molecule has 0 saturated carbocycles. The van der Waals surface area contributed by atoms with Crippen molar-refractivity contribution in [1.82, 2.24) is 5.32 Å². The molecule has 144 valence electrons. The number of rotatable bonds is 2. The van der Waals surface area contributed by atoms with Gasteiger partial charge in [-0.1, -0.05) is 38.4 Å². The van der Waals surface area contributed by atoms with Crippen LogP contribution in [0.25, 0.3) is 0 Å². The number of hydrogen-bond acceptors (Lipinski definition) is 4. The molecule has 0 bridgehead atoms. The van der Waals surface area contributed by atoms with Gasteiger partial charge in [-0.05, 0) is 53.9 Å². The Hall–Kier alpha value is -1.72. The zero-order valence-corrected chi connectivity index (χ0v) is 17.7. The SMILES string of the molecule is COc1ccc([C@H]2NC(=O)c3c(sc4c3CC[C@H](C(C)(C)C)C4)N2)cc1Cl. The summed E-state index contributed by atoms with van der Waals surface area (Å²) in [7, 11) is 1.59. The smallest absolute Gasteiger partial charge is 0.256 e. The number of nitrogens with one attached hydrogen (secondary N) is 2. The number of amides is 1. The number of hydrogen-bond donors (Lipinski definition) is 2. The fourth-order valence-electron chi connectivity index (χ4n) is 4.07. The molecule has 6 heteroatoms. The average Bonchev–Trinajstić information content (AvgIpc) is 2.98.